The maximum absolute atomic E-state index is 11.6. The van der Waals surface area contributed by atoms with Crippen molar-refractivity contribution in [3.63, 3.8) is 0 Å². The molecule has 0 saturated heterocycles. The highest BCUT2D eigenvalue weighted by molar-refractivity contribution is 7.98. The molecule has 2 rings (SSSR count). The molecule has 0 unspecified atom stereocenters. The topological polar surface area (TPSA) is 69.4 Å². The summed E-state index contributed by atoms with van der Waals surface area (Å²) < 4.78 is 6.77. The van der Waals surface area contributed by atoms with E-state index in [0.717, 1.165) is 5.56 Å². The minimum atomic E-state index is -0.503. The molecule has 20 heavy (non-hydrogen) atoms. The van der Waals surface area contributed by atoms with Crippen LogP contribution in [0.4, 0.5) is 0 Å². The van der Waals surface area contributed by atoms with Crippen LogP contribution in [0, 0.1) is 0 Å². The first-order valence-corrected chi connectivity index (χ1v) is 7.27. The highest BCUT2D eigenvalue weighted by Gasteiger charge is 2.14. The Bertz CT molecular complexity index is 658. The lowest BCUT2D eigenvalue weighted by molar-refractivity contribution is -0.148. The third-order valence-electron chi connectivity index (χ3n) is 2.26. The Morgan fingerprint density at radius 3 is 2.85 bits per heavy atom. The van der Waals surface area contributed by atoms with Gasteiger partial charge < -0.3 is 4.74 Å². The number of carbonyl (C=O) groups is 1. The lowest BCUT2D eigenvalue weighted by Gasteiger charge is -2.17. The second-order valence-corrected chi connectivity index (χ2v) is 5.85. The molecular formula is C13H16N4O2S. The van der Waals surface area contributed by atoms with Crippen LogP contribution < -0.4 is 0 Å². The van der Waals surface area contributed by atoms with Crippen molar-refractivity contribution in [1.82, 2.24) is 19.6 Å². The minimum Gasteiger partial charge on any atom is -0.457 e. The van der Waals surface area contributed by atoms with E-state index in [-0.39, 0.29) is 0 Å². The molecule has 6 nitrogen and oxygen atoms in total. The van der Waals surface area contributed by atoms with E-state index in [4.69, 9.17) is 4.74 Å². The molecule has 0 aromatic carbocycles. The molecule has 0 spiro atoms. The average molecular weight is 292 g/mol. The zero-order valence-corrected chi connectivity index (χ0v) is 12.6. The van der Waals surface area contributed by atoms with E-state index in [1.165, 1.54) is 17.8 Å². The first kappa shape index (κ1) is 14.5. The molecule has 0 aliphatic carbocycles. The summed E-state index contributed by atoms with van der Waals surface area (Å²) in [7, 11) is 0. The van der Waals surface area contributed by atoms with Crippen LogP contribution in [0.15, 0.2) is 23.8 Å². The molecule has 0 N–H and O–H groups in total. The van der Waals surface area contributed by atoms with Gasteiger partial charge in [-0.15, -0.1) is 0 Å². The van der Waals surface area contributed by atoms with E-state index < -0.39 is 11.6 Å². The molecule has 0 aliphatic heterocycles. The summed E-state index contributed by atoms with van der Waals surface area (Å²) in [5, 5.41) is 4.78. The lowest BCUT2D eigenvalue weighted by Crippen LogP contribution is -2.22. The Labute approximate surface area is 121 Å². The van der Waals surface area contributed by atoms with Gasteiger partial charge in [0.25, 0.3) is 0 Å². The summed E-state index contributed by atoms with van der Waals surface area (Å²) in [4.78, 5) is 20.1. The van der Waals surface area contributed by atoms with Gasteiger partial charge in [-0.3, -0.25) is 0 Å². The third kappa shape index (κ3) is 3.57. The zero-order chi connectivity index (χ0) is 14.8. The number of esters is 1. The van der Waals surface area contributed by atoms with Crippen LogP contribution >= 0.6 is 11.8 Å². The number of carbonyl (C=O) groups excluding carboxylic acids is 1. The molecule has 2 heterocycles. The lowest BCUT2D eigenvalue weighted by atomic mass is 10.2. The maximum Gasteiger partial charge on any atom is 0.331 e. The number of aromatic nitrogens is 4. The van der Waals surface area contributed by atoms with E-state index in [0.29, 0.717) is 10.8 Å². The van der Waals surface area contributed by atoms with Crippen LogP contribution in [0.1, 0.15) is 26.3 Å². The molecule has 7 heteroatoms. The second kappa shape index (κ2) is 5.62. The monoisotopic (exact) mass is 292 g/mol. The summed E-state index contributed by atoms with van der Waals surface area (Å²) in [6.07, 6.45) is 8.16. The molecule has 0 radical (unpaired) electrons. The number of hydrogen-bond acceptors (Lipinski definition) is 6. The van der Waals surface area contributed by atoms with Gasteiger partial charge in [0.05, 0.1) is 6.20 Å². The number of rotatable bonds is 3. The van der Waals surface area contributed by atoms with Crippen LogP contribution in [0.3, 0.4) is 0 Å². The van der Waals surface area contributed by atoms with Crippen molar-refractivity contribution >= 4 is 29.5 Å². The standard InChI is InChI=1S/C13H16N4O2S/c1-13(2,3)19-10(18)6-5-9-7-15-17-8-14-12(20-4)16-11(9)17/h5-8H,1-4H3. The van der Waals surface area contributed by atoms with Crippen molar-refractivity contribution in [3.8, 4) is 0 Å². The van der Waals surface area contributed by atoms with Crippen LogP contribution in [0.5, 0.6) is 0 Å². The Morgan fingerprint density at radius 1 is 1.45 bits per heavy atom. The molecule has 0 atom stereocenters. The Morgan fingerprint density at radius 2 is 2.20 bits per heavy atom. The number of nitrogens with zero attached hydrogens (tertiary/aromatic N) is 4. The summed E-state index contributed by atoms with van der Waals surface area (Å²) in [5.74, 6) is -0.393. The van der Waals surface area contributed by atoms with Gasteiger partial charge in [0, 0.05) is 11.6 Å². The van der Waals surface area contributed by atoms with Gasteiger partial charge in [-0.1, -0.05) is 11.8 Å². The molecule has 106 valence electrons. The maximum atomic E-state index is 11.6. The predicted molar refractivity (Wildman–Crippen MR) is 77.4 cm³/mol. The Kier molecular flexibility index (Phi) is 4.08. The predicted octanol–water partition coefficient (Wildman–Crippen LogP) is 2.20. The van der Waals surface area contributed by atoms with Crippen molar-refractivity contribution in [3.05, 3.63) is 24.2 Å². The van der Waals surface area contributed by atoms with Crippen molar-refractivity contribution < 1.29 is 9.53 Å². The molecule has 0 aliphatic rings. The molecule has 2 aromatic heterocycles. The van der Waals surface area contributed by atoms with Crippen molar-refractivity contribution in [1.29, 1.82) is 0 Å². The van der Waals surface area contributed by atoms with Gasteiger partial charge in [0.1, 0.15) is 11.9 Å². The fraction of sp³-hybridized carbons (Fsp3) is 0.385. The Hall–Kier alpha value is -1.89. The number of hydrogen-bond donors (Lipinski definition) is 0. The summed E-state index contributed by atoms with van der Waals surface area (Å²) >= 11 is 1.45. The van der Waals surface area contributed by atoms with Gasteiger partial charge in [0.15, 0.2) is 10.8 Å². The summed E-state index contributed by atoms with van der Waals surface area (Å²) in [6.45, 7) is 5.48. The average Bonchev–Trinajstić information content (AvgIpc) is 2.76. The van der Waals surface area contributed by atoms with Crippen molar-refractivity contribution in [2.75, 3.05) is 6.26 Å². The van der Waals surface area contributed by atoms with Crippen molar-refractivity contribution in [2.45, 2.75) is 31.5 Å². The summed E-state index contributed by atoms with van der Waals surface area (Å²) in [6, 6.07) is 0. The number of fused-ring (bicyclic) bond motifs is 1. The largest absolute Gasteiger partial charge is 0.457 e. The first-order valence-electron chi connectivity index (χ1n) is 6.04. The van der Waals surface area contributed by atoms with E-state index in [2.05, 4.69) is 15.1 Å². The molecule has 0 amide bonds. The molecule has 0 saturated carbocycles. The SMILES string of the molecule is CSc1ncn2ncc(C=CC(=O)OC(C)(C)C)c2n1. The highest BCUT2D eigenvalue weighted by Crippen LogP contribution is 2.14. The second-order valence-electron chi connectivity index (χ2n) is 5.08. The van der Waals surface area contributed by atoms with Crippen LogP contribution in [-0.2, 0) is 9.53 Å². The van der Waals surface area contributed by atoms with E-state index in [1.807, 2.05) is 27.0 Å². The highest BCUT2D eigenvalue weighted by atomic mass is 32.2. The fourth-order valence-corrected chi connectivity index (χ4v) is 1.83. The van der Waals surface area contributed by atoms with Crippen LogP contribution in [0.25, 0.3) is 11.7 Å². The van der Waals surface area contributed by atoms with Crippen LogP contribution in [0.2, 0.25) is 0 Å². The van der Waals surface area contributed by atoms with Crippen molar-refractivity contribution in [2.24, 2.45) is 0 Å². The molecule has 0 bridgehead atoms. The van der Waals surface area contributed by atoms with Gasteiger partial charge in [-0.25, -0.2) is 19.3 Å². The number of thioether (sulfide) groups is 1. The van der Waals surface area contributed by atoms with E-state index in [1.54, 1.807) is 23.1 Å². The van der Waals surface area contributed by atoms with Gasteiger partial charge in [-0.2, -0.15) is 5.10 Å². The number of ether oxygens (including phenoxy) is 1. The Balaban J connectivity index is 2.23. The molecular weight excluding hydrogens is 276 g/mol. The minimum absolute atomic E-state index is 0.393. The van der Waals surface area contributed by atoms with Gasteiger partial charge in [-0.05, 0) is 33.1 Å². The fourth-order valence-electron chi connectivity index (χ4n) is 1.50. The zero-order valence-electron chi connectivity index (χ0n) is 11.8. The normalized spacial score (nSPS) is 12.2. The van der Waals surface area contributed by atoms with Crippen LogP contribution in [-0.4, -0.2) is 37.4 Å². The van der Waals surface area contributed by atoms with E-state index in [9.17, 15) is 4.79 Å². The molecule has 2 aromatic rings. The quantitative estimate of drug-likeness (QED) is 0.491. The third-order valence-corrected chi connectivity index (χ3v) is 2.83. The summed E-state index contributed by atoms with van der Waals surface area (Å²) in [5.41, 5.74) is 0.897. The van der Waals surface area contributed by atoms with Gasteiger partial charge >= 0.3 is 5.97 Å². The molecule has 0 fully saturated rings. The smallest absolute Gasteiger partial charge is 0.331 e. The van der Waals surface area contributed by atoms with E-state index >= 15 is 0 Å². The first-order chi connectivity index (χ1) is 9.39. The van der Waals surface area contributed by atoms with Gasteiger partial charge in [0.2, 0.25) is 0 Å².